The van der Waals surface area contributed by atoms with Crippen molar-refractivity contribution in [2.24, 2.45) is 0 Å². The summed E-state index contributed by atoms with van der Waals surface area (Å²) in [7, 11) is 0. The fraction of sp³-hybridized carbons (Fsp3) is 0.364. The van der Waals surface area contributed by atoms with Crippen LogP contribution in [0.5, 0.6) is 0 Å². The first-order chi connectivity index (χ1) is 12.6. The Morgan fingerprint density at radius 2 is 1.96 bits per heavy atom. The molecule has 0 aliphatic carbocycles. The Morgan fingerprint density at radius 3 is 2.65 bits per heavy atom. The molecule has 2 aromatic rings. The van der Waals surface area contributed by atoms with Crippen molar-refractivity contribution in [1.82, 2.24) is 4.98 Å². The maximum atomic E-state index is 11.1. The van der Waals surface area contributed by atoms with E-state index >= 15 is 0 Å². The van der Waals surface area contributed by atoms with Gasteiger partial charge in [-0.2, -0.15) is 5.26 Å². The number of aliphatic hydroxyl groups is 1. The molecule has 2 saturated heterocycles. The zero-order valence-electron chi connectivity index (χ0n) is 14.8. The minimum atomic E-state index is -0.979. The van der Waals surface area contributed by atoms with Crippen molar-refractivity contribution < 1.29 is 5.11 Å². The van der Waals surface area contributed by atoms with Crippen molar-refractivity contribution in [2.75, 3.05) is 4.90 Å². The molecular weight excluding hydrogens is 322 g/mol. The zero-order valence-corrected chi connectivity index (χ0v) is 14.8. The molecule has 4 heteroatoms. The van der Waals surface area contributed by atoms with Gasteiger partial charge < -0.3 is 10.0 Å². The number of piperidine rings is 1. The van der Waals surface area contributed by atoms with Crippen LogP contribution in [0.4, 0.5) is 5.82 Å². The Bertz CT molecular complexity index is 920. The lowest BCUT2D eigenvalue weighted by Gasteiger charge is -2.42. The van der Waals surface area contributed by atoms with Crippen LogP contribution in [-0.2, 0) is 0 Å². The normalized spacial score (nSPS) is 26.7. The fourth-order valence-corrected chi connectivity index (χ4v) is 4.27. The van der Waals surface area contributed by atoms with Crippen LogP contribution < -0.4 is 4.90 Å². The molecule has 3 atom stereocenters. The van der Waals surface area contributed by atoms with Gasteiger partial charge in [0.1, 0.15) is 17.5 Å². The van der Waals surface area contributed by atoms with Crippen molar-refractivity contribution in [1.29, 1.82) is 5.26 Å². The van der Waals surface area contributed by atoms with Gasteiger partial charge >= 0.3 is 0 Å². The number of nitriles is 1. The summed E-state index contributed by atoms with van der Waals surface area (Å²) >= 11 is 0. The number of nitrogens with zero attached hydrogens (tertiary/aromatic N) is 3. The molecule has 1 aromatic heterocycles. The zero-order chi connectivity index (χ0) is 18.1. The van der Waals surface area contributed by atoms with Crippen LogP contribution in [0, 0.1) is 30.1 Å². The van der Waals surface area contributed by atoms with Gasteiger partial charge in [0.2, 0.25) is 0 Å². The van der Waals surface area contributed by atoms with E-state index in [9.17, 15) is 10.4 Å². The average Bonchev–Trinajstić information content (AvgIpc) is 2.92. The minimum Gasteiger partial charge on any atom is -0.377 e. The lowest BCUT2D eigenvalue weighted by Crippen LogP contribution is -2.51. The van der Waals surface area contributed by atoms with Gasteiger partial charge in [-0.3, -0.25) is 0 Å². The third-order valence-electron chi connectivity index (χ3n) is 5.38. The molecule has 130 valence electrons. The molecule has 26 heavy (non-hydrogen) atoms. The summed E-state index contributed by atoms with van der Waals surface area (Å²) < 4.78 is 0. The van der Waals surface area contributed by atoms with Gasteiger partial charge in [0.15, 0.2) is 0 Å². The first kappa shape index (κ1) is 16.6. The summed E-state index contributed by atoms with van der Waals surface area (Å²) in [6.07, 6.45) is 4.91. The molecule has 0 radical (unpaired) electrons. The van der Waals surface area contributed by atoms with Crippen molar-refractivity contribution in [2.45, 2.75) is 50.3 Å². The van der Waals surface area contributed by atoms with Gasteiger partial charge in [0.05, 0.1) is 5.56 Å². The Morgan fingerprint density at radius 1 is 1.19 bits per heavy atom. The van der Waals surface area contributed by atoms with E-state index in [-0.39, 0.29) is 12.1 Å². The van der Waals surface area contributed by atoms with Gasteiger partial charge in [-0.25, -0.2) is 4.98 Å². The quantitative estimate of drug-likeness (QED) is 0.808. The third kappa shape index (κ3) is 3.05. The number of aromatic nitrogens is 1. The van der Waals surface area contributed by atoms with Gasteiger partial charge in [0.25, 0.3) is 0 Å². The van der Waals surface area contributed by atoms with E-state index in [1.165, 1.54) is 0 Å². The number of pyridine rings is 1. The first-order valence-electron chi connectivity index (χ1n) is 9.04. The monoisotopic (exact) mass is 343 g/mol. The summed E-state index contributed by atoms with van der Waals surface area (Å²) in [6, 6.07) is 14.2. The highest BCUT2D eigenvalue weighted by Crippen LogP contribution is 2.43. The van der Waals surface area contributed by atoms with Gasteiger partial charge in [-0.05, 0) is 49.6 Å². The summed E-state index contributed by atoms with van der Waals surface area (Å²) in [5.41, 5.74) is 1.72. The highest BCUT2D eigenvalue weighted by Gasteiger charge is 2.47. The second-order valence-corrected chi connectivity index (χ2v) is 7.34. The Labute approximate surface area is 154 Å². The second-order valence-electron chi connectivity index (χ2n) is 7.34. The number of benzene rings is 1. The topological polar surface area (TPSA) is 60.1 Å². The molecule has 0 spiro atoms. The molecule has 0 amide bonds. The molecule has 4 nitrogen and oxygen atoms in total. The maximum absolute atomic E-state index is 11.1. The Balaban J connectivity index is 1.60. The van der Waals surface area contributed by atoms with Crippen LogP contribution in [0.1, 0.15) is 42.4 Å². The SMILES string of the molecule is Cc1cccc(C#CC2(O)C[C@H]3CC[C@@H](C2)N3c2ncccc2C#N)c1. The van der Waals surface area contributed by atoms with E-state index in [2.05, 4.69) is 27.8 Å². The smallest absolute Gasteiger partial charge is 0.146 e. The number of hydrogen-bond donors (Lipinski definition) is 1. The lowest BCUT2D eigenvalue weighted by atomic mass is 9.86. The molecule has 0 saturated carbocycles. The third-order valence-corrected chi connectivity index (χ3v) is 5.38. The van der Waals surface area contributed by atoms with E-state index in [0.29, 0.717) is 18.4 Å². The standard InChI is InChI=1S/C22H21N3O/c1-16-4-2-5-17(12-16)9-10-22(26)13-19-7-8-20(14-22)25(19)21-18(15-23)6-3-11-24-21/h2-6,11-12,19-20,26H,7-8,13-14H2,1H3/t19-,20+,22?. The van der Waals surface area contributed by atoms with Crippen molar-refractivity contribution in [3.8, 4) is 17.9 Å². The van der Waals surface area contributed by atoms with Crippen molar-refractivity contribution >= 4 is 5.82 Å². The lowest BCUT2D eigenvalue weighted by molar-refractivity contribution is 0.0577. The molecule has 4 rings (SSSR count). The minimum absolute atomic E-state index is 0.174. The van der Waals surface area contributed by atoms with Crippen LogP contribution in [0.15, 0.2) is 42.6 Å². The number of rotatable bonds is 1. The fourth-order valence-electron chi connectivity index (χ4n) is 4.27. The molecule has 2 aliphatic heterocycles. The van der Waals surface area contributed by atoms with Crippen molar-refractivity contribution in [3.63, 3.8) is 0 Å². The highest BCUT2D eigenvalue weighted by molar-refractivity contribution is 5.57. The van der Waals surface area contributed by atoms with E-state index < -0.39 is 5.60 Å². The van der Waals surface area contributed by atoms with Crippen LogP contribution in [0.3, 0.4) is 0 Å². The molecule has 2 aliphatic rings. The molecule has 3 heterocycles. The predicted octanol–water partition coefficient (Wildman–Crippen LogP) is 3.18. The number of aryl methyl sites for hydroxylation is 1. The van der Waals surface area contributed by atoms with E-state index in [0.717, 1.165) is 29.8 Å². The molecule has 1 N–H and O–H groups in total. The summed E-state index contributed by atoms with van der Waals surface area (Å²) in [5, 5.41) is 20.5. The second kappa shape index (κ2) is 6.48. The largest absolute Gasteiger partial charge is 0.377 e. The summed E-state index contributed by atoms with van der Waals surface area (Å²) in [4.78, 5) is 6.69. The van der Waals surface area contributed by atoms with Crippen LogP contribution in [0.2, 0.25) is 0 Å². The Hall–Kier alpha value is -2.82. The highest BCUT2D eigenvalue weighted by atomic mass is 16.3. The Kier molecular flexibility index (Phi) is 4.15. The maximum Gasteiger partial charge on any atom is 0.146 e. The number of hydrogen-bond acceptors (Lipinski definition) is 4. The average molecular weight is 343 g/mol. The molecule has 2 bridgehead atoms. The number of anilines is 1. The molecular formula is C22H21N3O. The molecule has 1 aromatic carbocycles. The van der Waals surface area contributed by atoms with Crippen molar-refractivity contribution in [3.05, 3.63) is 59.3 Å². The molecule has 1 unspecified atom stereocenters. The van der Waals surface area contributed by atoms with Gasteiger partial charge in [-0.1, -0.05) is 24.0 Å². The van der Waals surface area contributed by atoms with Crippen LogP contribution in [-0.4, -0.2) is 27.8 Å². The van der Waals surface area contributed by atoms with Crippen LogP contribution >= 0.6 is 0 Å². The predicted molar refractivity (Wildman–Crippen MR) is 100 cm³/mol. The van der Waals surface area contributed by atoms with E-state index in [1.807, 2.05) is 31.2 Å². The van der Waals surface area contributed by atoms with Gasteiger partial charge in [-0.15, -0.1) is 0 Å². The summed E-state index contributed by atoms with van der Waals surface area (Å²) in [6.45, 7) is 2.04. The first-order valence-corrected chi connectivity index (χ1v) is 9.04. The number of fused-ring (bicyclic) bond motifs is 2. The van der Waals surface area contributed by atoms with E-state index in [4.69, 9.17) is 0 Å². The molecule has 2 fully saturated rings. The van der Waals surface area contributed by atoms with E-state index in [1.54, 1.807) is 18.3 Å². The summed E-state index contributed by atoms with van der Waals surface area (Å²) in [5.74, 6) is 7.04. The van der Waals surface area contributed by atoms with Gasteiger partial charge in [0, 0.05) is 36.7 Å². The van der Waals surface area contributed by atoms with Crippen LogP contribution in [0.25, 0.3) is 0 Å².